The molecule has 0 aromatic rings. The van der Waals surface area contributed by atoms with Crippen LogP contribution < -0.4 is 0 Å². The summed E-state index contributed by atoms with van der Waals surface area (Å²) in [5.74, 6) is 0.292. The molecule has 2 bridgehead atoms. The van der Waals surface area contributed by atoms with Crippen molar-refractivity contribution in [3.63, 3.8) is 0 Å². The summed E-state index contributed by atoms with van der Waals surface area (Å²) in [5, 5.41) is 10.6. The van der Waals surface area contributed by atoms with Crippen LogP contribution in [0.2, 0.25) is 0 Å². The first-order chi connectivity index (χ1) is 9.93. The molecule has 4 saturated heterocycles. The van der Waals surface area contributed by atoms with E-state index >= 15 is 0 Å². The van der Waals surface area contributed by atoms with E-state index in [2.05, 4.69) is 9.80 Å². The Hall–Kier alpha value is -0.210. The Balaban J connectivity index is 1.56. The van der Waals surface area contributed by atoms with Crippen molar-refractivity contribution in [1.29, 1.82) is 0 Å². The molecule has 4 aliphatic rings. The highest BCUT2D eigenvalue weighted by molar-refractivity contribution is 7.88. The number of aliphatic hydroxyl groups excluding tert-OH is 1. The normalized spacial score (nSPS) is 39.3. The topological polar surface area (TPSA) is 64.1 Å². The lowest BCUT2D eigenvalue weighted by atomic mass is 9.89. The molecule has 0 aliphatic carbocycles. The molecule has 0 amide bonds. The predicted octanol–water partition coefficient (Wildman–Crippen LogP) is -0.591. The second-order valence-corrected chi connectivity index (χ2v) is 8.82. The molecule has 7 heteroatoms. The van der Waals surface area contributed by atoms with Crippen LogP contribution in [0.5, 0.6) is 0 Å². The summed E-state index contributed by atoms with van der Waals surface area (Å²) in [5.41, 5.74) is 0. The van der Waals surface area contributed by atoms with Crippen molar-refractivity contribution in [3.05, 3.63) is 0 Å². The van der Waals surface area contributed by atoms with Gasteiger partial charge in [0.2, 0.25) is 10.0 Å². The maximum Gasteiger partial charge on any atom is 0.211 e. The third kappa shape index (κ3) is 3.59. The van der Waals surface area contributed by atoms with Crippen LogP contribution in [0.1, 0.15) is 19.3 Å². The van der Waals surface area contributed by atoms with Crippen LogP contribution in [0, 0.1) is 5.92 Å². The van der Waals surface area contributed by atoms with Crippen molar-refractivity contribution in [2.75, 3.05) is 52.1 Å². The van der Waals surface area contributed by atoms with Crippen molar-refractivity contribution in [2.24, 2.45) is 5.92 Å². The summed E-state index contributed by atoms with van der Waals surface area (Å²) in [6, 6.07) is 0.237. The minimum Gasteiger partial charge on any atom is -0.391 e. The first-order valence-corrected chi connectivity index (χ1v) is 9.88. The van der Waals surface area contributed by atoms with E-state index in [-0.39, 0.29) is 12.1 Å². The Kier molecular flexibility index (Phi) is 4.57. The molecule has 0 radical (unpaired) electrons. The molecule has 4 aliphatic heterocycles. The molecule has 0 aromatic heterocycles. The van der Waals surface area contributed by atoms with E-state index in [0.717, 1.165) is 52.0 Å². The molecular formula is C14H27N3O3S. The molecule has 0 aromatic carbocycles. The molecule has 3 atom stereocenters. The summed E-state index contributed by atoms with van der Waals surface area (Å²) >= 11 is 0. The lowest BCUT2D eigenvalue weighted by Gasteiger charge is -2.49. The van der Waals surface area contributed by atoms with Crippen molar-refractivity contribution < 1.29 is 13.5 Å². The van der Waals surface area contributed by atoms with Gasteiger partial charge in [-0.05, 0) is 25.2 Å². The summed E-state index contributed by atoms with van der Waals surface area (Å²) in [7, 11) is -3.09. The van der Waals surface area contributed by atoms with E-state index in [9.17, 15) is 13.5 Å². The molecule has 122 valence electrons. The largest absolute Gasteiger partial charge is 0.391 e. The number of rotatable bonds is 4. The molecule has 4 heterocycles. The zero-order chi connectivity index (χ0) is 15.0. The van der Waals surface area contributed by atoms with Gasteiger partial charge in [-0.2, -0.15) is 0 Å². The molecule has 21 heavy (non-hydrogen) atoms. The third-order valence-corrected chi connectivity index (χ3v) is 6.56. The fourth-order valence-electron chi connectivity index (χ4n) is 4.04. The van der Waals surface area contributed by atoms with Crippen LogP contribution in [0.3, 0.4) is 0 Å². The number of hydrogen-bond acceptors (Lipinski definition) is 5. The summed E-state index contributed by atoms with van der Waals surface area (Å²) < 4.78 is 24.9. The van der Waals surface area contributed by atoms with Gasteiger partial charge in [0.15, 0.2) is 0 Å². The second kappa shape index (κ2) is 6.12. The number of fused-ring (bicyclic) bond motifs is 3. The Bertz CT molecular complexity index is 462. The molecular weight excluding hydrogens is 290 g/mol. The Labute approximate surface area is 127 Å². The van der Waals surface area contributed by atoms with Gasteiger partial charge < -0.3 is 5.11 Å². The molecule has 6 nitrogen and oxygen atoms in total. The van der Waals surface area contributed by atoms with E-state index < -0.39 is 10.0 Å². The van der Waals surface area contributed by atoms with Gasteiger partial charge >= 0.3 is 0 Å². The van der Waals surface area contributed by atoms with Crippen molar-refractivity contribution in [3.8, 4) is 0 Å². The zero-order valence-electron chi connectivity index (χ0n) is 12.8. The van der Waals surface area contributed by atoms with E-state index in [4.69, 9.17) is 0 Å². The zero-order valence-corrected chi connectivity index (χ0v) is 13.6. The first-order valence-electron chi connectivity index (χ1n) is 8.03. The van der Waals surface area contributed by atoms with Gasteiger partial charge in [0.25, 0.3) is 0 Å². The van der Waals surface area contributed by atoms with Gasteiger partial charge in [-0.25, -0.2) is 12.7 Å². The van der Waals surface area contributed by atoms with E-state index in [1.807, 2.05) is 0 Å². The molecule has 4 rings (SSSR count). The van der Waals surface area contributed by atoms with Crippen LogP contribution >= 0.6 is 0 Å². The van der Waals surface area contributed by atoms with Crippen molar-refractivity contribution in [1.82, 2.24) is 14.1 Å². The van der Waals surface area contributed by atoms with Gasteiger partial charge in [-0.3, -0.25) is 9.80 Å². The highest BCUT2D eigenvalue weighted by atomic mass is 32.2. The van der Waals surface area contributed by atoms with Crippen LogP contribution in [0.25, 0.3) is 0 Å². The maximum atomic E-state index is 11.7. The number of nitrogens with zero attached hydrogens (tertiary/aromatic N) is 3. The number of piperazine rings is 3. The SMILES string of the molecule is CS(=O)(=O)N1CCCC(CC(O)C2CN3CCN2CC3)C1. The first kappa shape index (κ1) is 15.7. The lowest BCUT2D eigenvalue weighted by Crippen LogP contribution is -2.64. The number of piperidine rings is 1. The quantitative estimate of drug-likeness (QED) is 0.751. The third-order valence-electron chi connectivity index (χ3n) is 5.29. The summed E-state index contributed by atoms with van der Waals surface area (Å²) in [6.07, 6.45) is 3.61. The van der Waals surface area contributed by atoms with E-state index in [1.54, 1.807) is 4.31 Å². The van der Waals surface area contributed by atoms with Gasteiger partial charge in [0.05, 0.1) is 12.4 Å². The van der Waals surface area contributed by atoms with Gasteiger partial charge in [-0.1, -0.05) is 0 Å². The van der Waals surface area contributed by atoms with Crippen LogP contribution in [-0.4, -0.2) is 91.8 Å². The van der Waals surface area contributed by atoms with Crippen LogP contribution in [-0.2, 0) is 10.0 Å². The minimum atomic E-state index is -3.09. The molecule has 0 saturated carbocycles. The van der Waals surface area contributed by atoms with Crippen LogP contribution in [0.4, 0.5) is 0 Å². The summed E-state index contributed by atoms with van der Waals surface area (Å²) in [4.78, 5) is 4.83. The minimum absolute atomic E-state index is 0.237. The molecule has 3 unspecified atom stereocenters. The highest BCUT2D eigenvalue weighted by Crippen LogP contribution is 2.27. The lowest BCUT2D eigenvalue weighted by molar-refractivity contribution is -0.0541. The van der Waals surface area contributed by atoms with E-state index in [1.165, 1.54) is 6.26 Å². The Morgan fingerprint density at radius 1 is 1.14 bits per heavy atom. The average Bonchev–Trinajstić information content (AvgIpc) is 2.48. The maximum absolute atomic E-state index is 11.7. The Morgan fingerprint density at radius 2 is 1.86 bits per heavy atom. The fourth-order valence-corrected chi connectivity index (χ4v) is 4.98. The Morgan fingerprint density at radius 3 is 2.43 bits per heavy atom. The fraction of sp³-hybridized carbons (Fsp3) is 1.00. The van der Waals surface area contributed by atoms with Crippen molar-refractivity contribution >= 4 is 10.0 Å². The number of sulfonamides is 1. The predicted molar refractivity (Wildman–Crippen MR) is 81.6 cm³/mol. The summed E-state index contributed by atoms with van der Waals surface area (Å²) in [6.45, 7) is 6.53. The number of hydrogen-bond donors (Lipinski definition) is 1. The number of aliphatic hydroxyl groups is 1. The van der Waals surface area contributed by atoms with Crippen molar-refractivity contribution in [2.45, 2.75) is 31.4 Å². The highest BCUT2D eigenvalue weighted by Gasteiger charge is 2.37. The molecule has 0 spiro atoms. The monoisotopic (exact) mass is 317 g/mol. The average molecular weight is 317 g/mol. The standard InChI is InChI=1S/C14H27N3O3S/c1-21(19,20)17-4-2-3-12(10-17)9-14(18)13-11-15-5-7-16(13)8-6-15/h12-14,18H,2-11H2,1H3. The van der Waals surface area contributed by atoms with Crippen LogP contribution in [0.15, 0.2) is 0 Å². The molecule has 4 fully saturated rings. The van der Waals surface area contributed by atoms with Gasteiger partial charge in [0, 0.05) is 51.9 Å². The van der Waals surface area contributed by atoms with Gasteiger partial charge in [0.1, 0.15) is 0 Å². The second-order valence-electron chi connectivity index (χ2n) is 6.84. The van der Waals surface area contributed by atoms with Gasteiger partial charge in [-0.15, -0.1) is 0 Å². The smallest absolute Gasteiger partial charge is 0.211 e. The van der Waals surface area contributed by atoms with E-state index in [0.29, 0.717) is 19.0 Å². The molecule has 1 N–H and O–H groups in total.